The number of carbonyl (C=O) groups is 2. The molecule has 0 heterocycles. The molecule has 1 N–H and O–H groups in total. The summed E-state index contributed by atoms with van der Waals surface area (Å²) in [6, 6.07) is 8.28. The fourth-order valence-corrected chi connectivity index (χ4v) is 3.98. The van der Waals surface area contributed by atoms with Crippen LogP contribution in [0.25, 0.3) is 0 Å². The van der Waals surface area contributed by atoms with Gasteiger partial charge in [-0.3, -0.25) is 9.59 Å². The third-order valence-corrected chi connectivity index (χ3v) is 5.30. The first kappa shape index (κ1) is 17.0. The number of carbonyl (C=O) groups excluding carboxylic acids is 2. The van der Waals surface area contributed by atoms with Crippen molar-refractivity contribution in [1.29, 1.82) is 0 Å². The van der Waals surface area contributed by atoms with E-state index in [1.165, 1.54) is 36.8 Å². The first-order chi connectivity index (χ1) is 11.7. The quantitative estimate of drug-likeness (QED) is 0.810. The number of hydrogen-bond donors (Lipinski definition) is 1. The largest absolute Gasteiger partial charge is 0.456 e. The van der Waals surface area contributed by atoms with E-state index >= 15 is 0 Å². The third-order valence-electron chi connectivity index (χ3n) is 5.30. The first-order valence-corrected chi connectivity index (χ1v) is 9.25. The summed E-state index contributed by atoms with van der Waals surface area (Å²) in [7, 11) is 0. The number of benzene rings is 1. The van der Waals surface area contributed by atoms with Crippen molar-refractivity contribution < 1.29 is 14.3 Å². The third kappa shape index (κ3) is 4.59. The van der Waals surface area contributed by atoms with Gasteiger partial charge in [0.2, 0.25) is 0 Å². The number of rotatable bonds is 6. The van der Waals surface area contributed by atoms with Gasteiger partial charge in [-0.05, 0) is 42.7 Å². The van der Waals surface area contributed by atoms with Crippen molar-refractivity contribution in [2.45, 2.75) is 63.8 Å². The standard InChI is InChI=1S/C20H27NO3/c22-19(14-24-20(23)13-12-15-6-1-2-7-15)21-18-11-5-9-16-8-3-4-10-17(16)18/h3-4,8,10,15,18H,1-2,5-7,9,11-14H2,(H,21,22)/t18-/m1/s1. The Kier molecular flexibility index (Phi) is 5.89. The highest BCUT2D eigenvalue weighted by Crippen LogP contribution is 2.30. The predicted octanol–water partition coefficient (Wildman–Crippen LogP) is 3.69. The number of amides is 1. The van der Waals surface area contributed by atoms with Gasteiger partial charge in [0.15, 0.2) is 6.61 Å². The molecule has 0 aromatic heterocycles. The molecule has 0 saturated heterocycles. The molecule has 3 rings (SSSR count). The van der Waals surface area contributed by atoms with Crippen LogP contribution in [0.5, 0.6) is 0 Å². The van der Waals surface area contributed by atoms with E-state index in [-0.39, 0.29) is 24.5 Å². The summed E-state index contributed by atoms with van der Waals surface area (Å²) in [6.07, 6.45) is 9.44. The van der Waals surface area contributed by atoms with Crippen LogP contribution in [0.4, 0.5) is 0 Å². The smallest absolute Gasteiger partial charge is 0.306 e. The van der Waals surface area contributed by atoms with E-state index in [1.54, 1.807) is 0 Å². The lowest BCUT2D eigenvalue weighted by atomic mass is 9.88. The van der Waals surface area contributed by atoms with Gasteiger partial charge < -0.3 is 10.1 Å². The number of aryl methyl sites for hydroxylation is 1. The normalized spacial score (nSPS) is 20.4. The zero-order valence-electron chi connectivity index (χ0n) is 14.3. The van der Waals surface area contributed by atoms with Crippen molar-refractivity contribution in [3.05, 3.63) is 35.4 Å². The van der Waals surface area contributed by atoms with Crippen LogP contribution in [0.1, 0.15) is 68.5 Å². The van der Waals surface area contributed by atoms with Crippen molar-refractivity contribution in [2.24, 2.45) is 5.92 Å². The molecule has 2 aliphatic carbocycles. The van der Waals surface area contributed by atoms with Crippen LogP contribution >= 0.6 is 0 Å². The van der Waals surface area contributed by atoms with E-state index in [0.717, 1.165) is 25.7 Å². The molecule has 0 spiro atoms. The molecule has 0 aliphatic heterocycles. The van der Waals surface area contributed by atoms with Gasteiger partial charge in [0.25, 0.3) is 5.91 Å². The molecule has 1 amide bonds. The van der Waals surface area contributed by atoms with Gasteiger partial charge in [0, 0.05) is 6.42 Å². The lowest BCUT2D eigenvalue weighted by Gasteiger charge is -2.26. The topological polar surface area (TPSA) is 55.4 Å². The Labute approximate surface area is 144 Å². The molecule has 1 aromatic rings. The van der Waals surface area contributed by atoms with Crippen LogP contribution in [0, 0.1) is 5.92 Å². The number of fused-ring (bicyclic) bond motifs is 1. The fourth-order valence-electron chi connectivity index (χ4n) is 3.98. The Hall–Kier alpha value is -1.84. The summed E-state index contributed by atoms with van der Waals surface area (Å²) in [6.45, 7) is -0.165. The minimum absolute atomic E-state index is 0.0413. The average Bonchev–Trinajstić information content (AvgIpc) is 3.12. The number of hydrogen-bond acceptors (Lipinski definition) is 3. The predicted molar refractivity (Wildman–Crippen MR) is 92.4 cm³/mol. The van der Waals surface area contributed by atoms with E-state index < -0.39 is 0 Å². The van der Waals surface area contributed by atoms with Crippen LogP contribution in [0.2, 0.25) is 0 Å². The summed E-state index contributed by atoms with van der Waals surface area (Å²) in [5.41, 5.74) is 2.51. The average molecular weight is 329 g/mol. The molecule has 4 nitrogen and oxygen atoms in total. The van der Waals surface area contributed by atoms with Crippen molar-refractivity contribution in [1.82, 2.24) is 5.32 Å². The van der Waals surface area contributed by atoms with E-state index in [2.05, 4.69) is 17.4 Å². The molecule has 0 radical (unpaired) electrons. The molecule has 1 aromatic carbocycles. The molecule has 4 heteroatoms. The Bertz CT molecular complexity index is 578. The van der Waals surface area contributed by atoms with E-state index in [1.807, 2.05) is 12.1 Å². The van der Waals surface area contributed by atoms with E-state index in [0.29, 0.717) is 12.3 Å². The SMILES string of the molecule is O=C(COC(=O)CCC1CCCC1)N[C@@H]1CCCc2ccccc21. The van der Waals surface area contributed by atoms with Gasteiger partial charge in [0.05, 0.1) is 6.04 Å². The summed E-state index contributed by atoms with van der Waals surface area (Å²) < 4.78 is 5.14. The summed E-state index contributed by atoms with van der Waals surface area (Å²) in [5, 5.41) is 3.01. The first-order valence-electron chi connectivity index (χ1n) is 9.25. The summed E-state index contributed by atoms with van der Waals surface area (Å²) >= 11 is 0. The molecular weight excluding hydrogens is 302 g/mol. The maximum absolute atomic E-state index is 12.1. The lowest BCUT2D eigenvalue weighted by molar-refractivity contribution is -0.149. The second-order valence-electron chi connectivity index (χ2n) is 7.06. The Morgan fingerprint density at radius 1 is 1.08 bits per heavy atom. The summed E-state index contributed by atoms with van der Waals surface area (Å²) in [4.78, 5) is 23.9. The van der Waals surface area contributed by atoms with Crippen LogP contribution in [0.15, 0.2) is 24.3 Å². The minimum atomic E-state index is -0.249. The van der Waals surface area contributed by atoms with Gasteiger partial charge in [-0.1, -0.05) is 49.9 Å². The van der Waals surface area contributed by atoms with Gasteiger partial charge in [-0.25, -0.2) is 0 Å². The van der Waals surface area contributed by atoms with Crippen LogP contribution in [-0.4, -0.2) is 18.5 Å². The molecule has 130 valence electrons. The van der Waals surface area contributed by atoms with Crippen LogP contribution in [-0.2, 0) is 20.7 Å². The van der Waals surface area contributed by atoms with E-state index in [9.17, 15) is 9.59 Å². The second-order valence-corrected chi connectivity index (χ2v) is 7.06. The molecular formula is C20H27NO3. The lowest BCUT2D eigenvalue weighted by Crippen LogP contribution is -2.34. The molecule has 24 heavy (non-hydrogen) atoms. The monoisotopic (exact) mass is 329 g/mol. The van der Waals surface area contributed by atoms with Gasteiger partial charge in [0.1, 0.15) is 0 Å². The van der Waals surface area contributed by atoms with Gasteiger partial charge in [-0.15, -0.1) is 0 Å². The highest BCUT2D eigenvalue weighted by Gasteiger charge is 2.22. The minimum Gasteiger partial charge on any atom is -0.456 e. The molecule has 1 atom stereocenters. The zero-order chi connectivity index (χ0) is 16.8. The van der Waals surface area contributed by atoms with Crippen molar-refractivity contribution in [3.8, 4) is 0 Å². The Morgan fingerprint density at radius 3 is 2.71 bits per heavy atom. The summed E-state index contributed by atoms with van der Waals surface area (Å²) in [5.74, 6) is 0.220. The van der Waals surface area contributed by atoms with E-state index in [4.69, 9.17) is 4.74 Å². The van der Waals surface area contributed by atoms with Gasteiger partial charge in [-0.2, -0.15) is 0 Å². The van der Waals surface area contributed by atoms with Crippen LogP contribution in [0.3, 0.4) is 0 Å². The Morgan fingerprint density at radius 2 is 1.88 bits per heavy atom. The fraction of sp³-hybridized carbons (Fsp3) is 0.600. The molecule has 0 bridgehead atoms. The Balaban J connectivity index is 1.40. The van der Waals surface area contributed by atoms with Crippen molar-refractivity contribution >= 4 is 11.9 Å². The molecule has 0 unspecified atom stereocenters. The maximum atomic E-state index is 12.1. The maximum Gasteiger partial charge on any atom is 0.306 e. The number of ether oxygens (including phenoxy) is 1. The molecule has 1 saturated carbocycles. The van der Waals surface area contributed by atoms with Crippen LogP contribution < -0.4 is 5.32 Å². The van der Waals surface area contributed by atoms with Crippen molar-refractivity contribution in [3.63, 3.8) is 0 Å². The molecule has 2 aliphatic rings. The number of esters is 1. The highest BCUT2D eigenvalue weighted by atomic mass is 16.5. The highest BCUT2D eigenvalue weighted by molar-refractivity contribution is 5.80. The van der Waals surface area contributed by atoms with Gasteiger partial charge >= 0.3 is 5.97 Å². The second kappa shape index (κ2) is 8.32. The number of nitrogens with one attached hydrogen (secondary N) is 1. The zero-order valence-corrected chi connectivity index (χ0v) is 14.3. The molecule has 1 fully saturated rings. The van der Waals surface area contributed by atoms with Crippen molar-refractivity contribution in [2.75, 3.05) is 6.61 Å².